The number of carboxylic acids is 1. The van der Waals surface area contributed by atoms with Gasteiger partial charge in [0.1, 0.15) is 6.04 Å². The van der Waals surface area contributed by atoms with Crippen LogP contribution in [0, 0.1) is 0 Å². The molecule has 4 heteroatoms. The minimum absolute atomic E-state index is 0.316. The molecule has 4 nitrogen and oxygen atoms in total. The van der Waals surface area contributed by atoms with Gasteiger partial charge in [-0.3, -0.25) is 9.69 Å². The Hall–Kier alpha value is -0.610. The Kier molecular flexibility index (Phi) is 2.46. The molecule has 0 aromatic heterocycles. The molecule has 0 aromatic carbocycles. The molecule has 1 rings (SSSR count). The summed E-state index contributed by atoms with van der Waals surface area (Å²) in [5.74, 6) is -0.792. The van der Waals surface area contributed by atoms with Gasteiger partial charge in [0, 0.05) is 13.1 Å². The van der Waals surface area contributed by atoms with E-state index in [4.69, 9.17) is 10.2 Å². The van der Waals surface area contributed by atoms with Crippen LogP contribution in [0.2, 0.25) is 0 Å². The largest absolute Gasteiger partial charge is 0.480 e. The zero-order valence-electron chi connectivity index (χ0n) is 6.53. The molecule has 1 fully saturated rings. The topological polar surface area (TPSA) is 60.8 Å². The van der Waals surface area contributed by atoms with Crippen molar-refractivity contribution in [1.29, 1.82) is 0 Å². The number of β-amino-alcohol motifs (C(OH)–C–C–N with tert-alkyl or cyclic N) is 1. The number of carbonyl (C=O) groups is 1. The van der Waals surface area contributed by atoms with Crippen LogP contribution in [0.4, 0.5) is 0 Å². The van der Waals surface area contributed by atoms with Gasteiger partial charge >= 0.3 is 5.97 Å². The van der Waals surface area contributed by atoms with Crippen LogP contribution in [-0.2, 0) is 4.79 Å². The molecule has 1 saturated heterocycles. The Labute approximate surface area is 65.4 Å². The molecular weight excluding hydrogens is 146 g/mol. The van der Waals surface area contributed by atoms with E-state index in [2.05, 4.69) is 0 Å². The molecular formula is C7H13NO3. The van der Waals surface area contributed by atoms with Gasteiger partial charge in [-0.05, 0) is 6.42 Å². The van der Waals surface area contributed by atoms with E-state index in [0.29, 0.717) is 19.5 Å². The third kappa shape index (κ3) is 1.70. The molecule has 1 heterocycles. The van der Waals surface area contributed by atoms with E-state index in [0.717, 1.165) is 0 Å². The van der Waals surface area contributed by atoms with Crippen LogP contribution in [0.15, 0.2) is 0 Å². The molecule has 0 amide bonds. The van der Waals surface area contributed by atoms with Crippen molar-refractivity contribution in [1.82, 2.24) is 4.90 Å². The van der Waals surface area contributed by atoms with Crippen molar-refractivity contribution in [3.63, 3.8) is 0 Å². The summed E-state index contributed by atoms with van der Waals surface area (Å²) < 4.78 is 0. The second kappa shape index (κ2) is 3.19. The second-order valence-corrected chi connectivity index (χ2v) is 2.87. The highest BCUT2D eigenvalue weighted by Gasteiger charge is 2.33. The second-order valence-electron chi connectivity index (χ2n) is 2.87. The molecule has 0 aromatic rings. The van der Waals surface area contributed by atoms with Crippen molar-refractivity contribution in [2.24, 2.45) is 0 Å². The average Bonchev–Trinajstić information content (AvgIpc) is 1.85. The Bertz CT molecular complexity index is 154. The summed E-state index contributed by atoms with van der Waals surface area (Å²) in [5, 5.41) is 17.6. The van der Waals surface area contributed by atoms with Crippen LogP contribution in [-0.4, -0.2) is 46.3 Å². The Morgan fingerprint density at radius 1 is 1.73 bits per heavy atom. The number of carboxylic acid groups (broad SMARTS) is 1. The maximum Gasteiger partial charge on any atom is 0.320 e. The van der Waals surface area contributed by atoms with Crippen molar-refractivity contribution < 1.29 is 15.0 Å². The predicted molar refractivity (Wildman–Crippen MR) is 39.3 cm³/mol. The lowest BCUT2D eigenvalue weighted by Crippen LogP contribution is -2.57. The van der Waals surface area contributed by atoms with Gasteiger partial charge in [0.05, 0.1) is 6.10 Å². The van der Waals surface area contributed by atoms with E-state index < -0.39 is 12.0 Å². The first-order valence-corrected chi connectivity index (χ1v) is 3.80. The summed E-state index contributed by atoms with van der Waals surface area (Å²) in [6.45, 7) is 2.85. The first-order valence-electron chi connectivity index (χ1n) is 3.80. The normalized spacial score (nSPS) is 22.7. The van der Waals surface area contributed by atoms with E-state index >= 15 is 0 Å². The number of aliphatic carboxylic acids is 1. The zero-order valence-corrected chi connectivity index (χ0v) is 6.53. The molecule has 0 aliphatic carbocycles. The first-order chi connectivity index (χ1) is 5.15. The fraction of sp³-hybridized carbons (Fsp3) is 0.857. The number of nitrogens with zero attached hydrogens (tertiary/aromatic N) is 1. The summed E-state index contributed by atoms with van der Waals surface area (Å²) in [6.07, 6.45) is 0.283. The maximum absolute atomic E-state index is 10.5. The minimum Gasteiger partial charge on any atom is -0.480 e. The fourth-order valence-corrected chi connectivity index (χ4v) is 1.33. The third-order valence-corrected chi connectivity index (χ3v) is 2.00. The molecule has 1 aliphatic heterocycles. The third-order valence-electron chi connectivity index (χ3n) is 2.00. The number of rotatable bonds is 3. The van der Waals surface area contributed by atoms with E-state index in [-0.39, 0.29) is 6.10 Å². The molecule has 1 unspecified atom stereocenters. The van der Waals surface area contributed by atoms with Crippen molar-refractivity contribution >= 4 is 5.97 Å². The molecule has 0 bridgehead atoms. The van der Waals surface area contributed by atoms with Crippen LogP contribution in [0.25, 0.3) is 0 Å². The van der Waals surface area contributed by atoms with Crippen molar-refractivity contribution in [2.45, 2.75) is 25.5 Å². The highest BCUT2D eigenvalue weighted by molar-refractivity contribution is 5.73. The lowest BCUT2D eigenvalue weighted by molar-refractivity contribution is -0.148. The minimum atomic E-state index is -0.792. The Morgan fingerprint density at radius 2 is 2.27 bits per heavy atom. The van der Waals surface area contributed by atoms with E-state index in [1.54, 1.807) is 4.90 Å². The van der Waals surface area contributed by atoms with E-state index in [1.807, 2.05) is 6.92 Å². The molecule has 0 spiro atoms. The number of aliphatic hydroxyl groups excluding tert-OH is 1. The SMILES string of the molecule is CCC(C(=O)O)N1CC(O)C1. The monoisotopic (exact) mass is 159 g/mol. The zero-order chi connectivity index (χ0) is 8.43. The Balaban J connectivity index is 2.38. The van der Waals surface area contributed by atoms with Gasteiger partial charge in [-0.15, -0.1) is 0 Å². The quantitative estimate of drug-likeness (QED) is 0.584. The lowest BCUT2D eigenvalue weighted by Gasteiger charge is -2.39. The highest BCUT2D eigenvalue weighted by Crippen LogP contribution is 2.14. The molecule has 1 atom stereocenters. The van der Waals surface area contributed by atoms with Gasteiger partial charge in [0.2, 0.25) is 0 Å². The summed E-state index contributed by atoms with van der Waals surface area (Å²) in [6, 6.07) is -0.404. The molecule has 64 valence electrons. The summed E-state index contributed by atoms with van der Waals surface area (Å²) in [4.78, 5) is 12.3. The van der Waals surface area contributed by atoms with Crippen LogP contribution in [0.3, 0.4) is 0 Å². The standard InChI is InChI=1S/C7H13NO3/c1-2-6(7(10)11)8-3-5(9)4-8/h5-6,9H,2-4H2,1H3,(H,10,11). The van der Waals surface area contributed by atoms with Crippen LogP contribution >= 0.6 is 0 Å². The number of hydrogen-bond donors (Lipinski definition) is 2. The van der Waals surface area contributed by atoms with Gasteiger partial charge in [0.15, 0.2) is 0 Å². The van der Waals surface area contributed by atoms with Gasteiger partial charge < -0.3 is 10.2 Å². The predicted octanol–water partition coefficient (Wildman–Crippen LogP) is -0.474. The van der Waals surface area contributed by atoms with Crippen molar-refractivity contribution in [3.05, 3.63) is 0 Å². The maximum atomic E-state index is 10.5. The van der Waals surface area contributed by atoms with Crippen molar-refractivity contribution in [3.8, 4) is 0 Å². The number of aliphatic hydroxyl groups is 1. The molecule has 2 N–H and O–H groups in total. The fourth-order valence-electron chi connectivity index (χ4n) is 1.33. The average molecular weight is 159 g/mol. The van der Waals surface area contributed by atoms with Gasteiger partial charge in [-0.25, -0.2) is 0 Å². The smallest absolute Gasteiger partial charge is 0.320 e. The van der Waals surface area contributed by atoms with Crippen LogP contribution < -0.4 is 0 Å². The van der Waals surface area contributed by atoms with Gasteiger partial charge in [-0.2, -0.15) is 0 Å². The molecule has 1 aliphatic rings. The number of likely N-dealkylation sites (tertiary alicyclic amines) is 1. The molecule has 11 heavy (non-hydrogen) atoms. The Morgan fingerprint density at radius 3 is 2.55 bits per heavy atom. The molecule has 0 radical (unpaired) electrons. The summed E-state index contributed by atoms with van der Waals surface area (Å²) in [7, 11) is 0. The summed E-state index contributed by atoms with van der Waals surface area (Å²) >= 11 is 0. The van der Waals surface area contributed by atoms with Crippen LogP contribution in [0.5, 0.6) is 0 Å². The first kappa shape index (κ1) is 8.49. The van der Waals surface area contributed by atoms with Crippen molar-refractivity contribution in [2.75, 3.05) is 13.1 Å². The van der Waals surface area contributed by atoms with Crippen LogP contribution in [0.1, 0.15) is 13.3 Å². The van der Waals surface area contributed by atoms with E-state index in [1.165, 1.54) is 0 Å². The van der Waals surface area contributed by atoms with Gasteiger partial charge in [0.25, 0.3) is 0 Å². The lowest BCUT2D eigenvalue weighted by atomic mass is 10.1. The highest BCUT2D eigenvalue weighted by atomic mass is 16.4. The van der Waals surface area contributed by atoms with E-state index in [9.17, 15) is 4.79 Å². The molecule has 0 saturated carbocycles. The number of hydrogen-bond acceptors (Lipinski definition) is 3. The summed E-state index contributed by atoms with van der Waals surface area (Å²) in [5.41, 5.74) is 0. The van der Waals surface area contributed by atoms with Gasteiger partial charge in [-0.1, -0.05) is 6.92 Å².